The van der Waals surface area contributed by atoms with Crippen LogP contribution in [0, 0.1) is 19.7 Å². The zero-order valence-electron chi connectivity index (χ0n) is 11.8. The summed E-state index contributed by atoms with van der Waals surface area (Å²) in [4.78, 5) is 0. The highest BCUT2D eigenvalue weighted by atomic mass is 19.1. The minimum atomic E-state index is -0.735. The van der Waals surface area contributed by atoms with Gasteiger partial charge in [-0.2, -0.15) is 0 Å². The summed E-state index contributed by atoms with van der Waals surface area (Å²) in [6, 6.07) is 12.3. The third-order valence-corrected chi connectivity index (χ3v) is 3.77. The predicted octanol–water partition coefficient (Wildman–Crippen LogP) is 3.22. The van der Waals surface area contributed by atoms with Gasteiger partial charge in [-0.15, -0.1) is 0 Å². The van der Waals surface area contributed by atoms with Gasteiger partial charge in [0, 0.05) is 12.5 Å². The second-order valence-electron chi connectivity index (χ2n) is 5.14. The smallest absolute Gasteiger partial charge is 0.123 e. The van der Waals surface area contributed by atoms with Gasteiger partial charge in [-0.1, -0.05) is 30.3 Å². The Morgan fingerprint density at radius 3 is 2.35 bits per heavy atom. The molecule has 0 saturated heterocycles. The SMILES string of the molecule is Cc1cc(F)ccc1C(O)C(CN)c1ccccc1C. The van der Waals surface area contributed by atoms with Crippen molar-refractivity contribution in [3.05, 3.63) is 70.5 Å². The molecule has 0 saturated carbocycles. The van der Waals surface area contributed by atoms with Crippen LogP contribution in [0.25, 0.3) is 0 Å². The molecule has 20 heavy (non-hydrogen) atoms. The molecule has 0 bridgehead atoms. The maximum absolute atomic E-state index is 13.2. The van der Waals surface area contributed by atoms with Gasteiger partial charge in [0.15, 0.2) is 0 Å². The zero-order valence-corrected chi connectivity index (χ0v) is 11.8. The Morgan fingerprint density at radius 1 is 1.05 bits per heavy atom. The summed E-state index contributed by atoms with van der Waals surface area (Å²) in [6.07, 6.45) is -0.735. The third kappa shape index (κ3) is 2.89. The molecule has 0 fully saturated rings. The largest absolute Gasteiger partial charge is 0.388 e. The molecule has 2 nitrogen and oxygen atoms in total. The highest BCUT2D eigenvalue weighted by Crippen LogP contribution is 2.33. The molecule has 0 aromatic heterocycles. The van der Waals surface area contributed by atoms with Gasteiger partial charge in [0.1, 0.15) is 5.82 Å². The summed E-state index contributed by atoms with van der Waals surface area (Å²) >= 11 is 0. The Balaban J connectivity index is 2.39. The number of hydrogen-bond acceptors (Lipinski definition) is 2. The highest BCUT2D eigenvalue weighted by molar-refractivity contribution is 5.35. The highest BCUT2D eigenvalue weighted by Gasteiger charge is 2.24. The Morgan fingerprint density at radius 2 is 1.75 bits per heavy atom. The summed E-state index contributed by atoms with van der Waals surface area (Å²) in [5.41, 5.74) is 9.46. The topological polar surface area (TPSA) is 46.2 Å². The van der Waals surface area contributed by atoms with E-state index in [1.54, 1.807) is 13.0 Å². The average molecular weight is 273 g/mol. The summed E-state index contributed by atoms with van der Waals surface area (Å²) in [5, 5.41) is 10.6. The molecule has 0 amide bonds. The van der Waals surface area contributed by atoms with Crippen molar-refractivity contribution in [1.82, 2.24) is 0 Å². The van der Waals surface area contributed by atoms with E-state index in [0.717, 1.165) is 22.3 Å². The van der Waals surface area contributed by atoms with E-state index in [1.165, 1.54) is 12.1 Å². The van der Waals surface area contributed by atoms with Crippen LogP contribution >= 0.6 is 0 Å². The quantitative estimate of drug-likeness (QED) is 0.898. The maximum atomic E-state index is 13.2. The van der Waals surface area contributed by atoms with Gasteiger partial charge in [0.25, 0.3) is 0 Å². The van der Waals surface area contributed by atoms with Crippen molar-refractivity contribution >= 4 is 0 Å². The Kier molecular flexibility index (Phi) is 4.53. The molecule has 2 atom stereocenters. The van der Waals surface area contributed by atoms with Crippen LogP contribution in [-0.4, -0.2) is 11.7 Å². The zero-order chi connectivity index (χ0) is 14.7. The fourth-order valence-electron chi connectivity index (χ4n) is 2.62. The molecule has 0 spiro atoms. The van der Waals surface area contributed by atoms with E-state index < -0.39 is 6.10 Å². The van der Waals surface area contributed by atoms with Crippen molar-refractivity contribution in [3.8, 4) is 0 Å². The summed E-state index contributed by atoms with van der Waals surface area (Å²) in [6.45, 7) is 4.14. The number of aliphatic hydroxyl groups excluding tert-OH is 1. The van der Waals surface area contributed by atoms with Crippen LogP contribution in [-0.2, 0) is 0 Å². The van der Waals surface area contributed by atoms with Gasteiger partial charge >= 0.3 is 0 Å². The summed E-state index contributed by atoms with van der Waals surface area (Å²) in [5.74, 6) is -0.487. The fourth-order valence-corrected chi connectivity index (χ4v) is 2.62. The number of rotatable bonds is 4. The maximum Gasteiger partial charge on any atom is 0.123 e. The van der Waals surface area contributed by atoms with Gasteiger partial charge in [0.05, 0.1) is 6.10 Å². The molecular weight excluding hydrogens is 253 g/mol. The van der Waals surface area contributed by atoms with E-state index in [0.29, 0.717) is 6.54 Å². The number of hydrogen-bond donors (Lipinski definition) is 2. The minimum absolute atomic E-state index is 0.194. The lowest BCUT2D eigenvalue weighted by Gasteiger charge is -2.25. The molecule has 0 heterocycles. The fraction of sp³-hybridized carbons (Fsp3) is 0.294. The van der Waals surface area contributed by atoms with Gasteiger partial charge in [-0.05, 0) is 48.2 Å². The van der Waals surface area contributed by atoms with Gasteiger partial charge in [-0.25, -0.2) is 4.39 Å². The molecule has 0 aliphatic heterocycles. The second kappa shape index (κ2) is 6.16. The first-order valence-electron chi connectivity index (χ1n) is 6.74. The van der Waals surface area contributed by atoms with Crippen LogP contribution in [0.4, 0.5) is 4.39 Å². The van der Waals surface area contributed by atoms with Gasteiger partial charge in [-0.3, -0.25) is 0 Å². The van der Waals surface area contributed by atoms with Crippen LogP contribution < -0.4 is 5.73 Å². The molecule has 2 aromatic rings. The first-order chi connectivity index (χ1) is 9.54. The first-order valence-corrected chi connectivity index (χ1v) is 6.74. The first kappa shape index (κ1) is 14.7. The molecule has 106 valence electrons. The third-order valence-electron chi connectivity index (χ3n) is 3.77. The van der Waals surface area contributed by atoms with Crippen LogP contribution in [0.3, 0.4) is 0 Å². The number of benzene rings is 2. The standard InChI is InChI=1S/C17H20FNO/c1-11-5-3-4-6-14(11)16(10-19)17(20)15-8-7-13(18)9-12(15)2/h3-9,16-17,20H,10,19H2,1-2H3. The van der Waals surface area contributed by atoms with Crippen LogP contribution in [0.15, 0.2) is 42.5 Å². The van der Waals surface area contributed by atoms with E-state index in [4.69, 9.17) is 5.73 Å². The Hall–Kier alpha value is -1.71. The monoisotopic (exact) mass is 273 g/mol. The molecule has 2 unspecified atom stereocenters. The van der Waals surface area contributed by atoms with E-state index >= 15 is 0 Å². The molecule has 2 rings (SSSR count). The van der Waals surface area contributed by atoms with Crippen molar-refractivity contribution in [2.24, 2.45) is 5.73 Å². The number of nitrogens with two attached hydrogens (primary N) is 1. The Bertz CT molecular complexity index is 597. The molecule has 0 aliphatic rings. The normalized spacial score (nSPS) is 14.1. The molecular formula is C17H20FNO. The van der Waals surface area contributed by atoms with Crippen LogP contribution in [0.1, 0.15) is 34.3 Å². The van der Waals surface area contributed by atoms with Crippen molar-refractivity contribution in [2.75, 3.05) is 6.54 Å². The van der Waals surface area contributed by atoms with Crippen LogP contribution in [0.5, 0.6) is 0 Å². The van der Waals surface area contributed by atoms with Gasteiger partial charge < -0.3 is 10.8 Å². The summed E-state index contributed by atoms with van der Waals surface area (Å²) in [7, 11) is 0. The number of aryl methyl sites for hydroxylation is 2. The van der Waals surface area contributed by atoms with E-state index in [2.05, 4.69) is 0 Å². The second-order valence-corrected chi connectivity index (χ2v) is 5.14. The van der Waals surface area contributed by atoms with Crippen LogP contribution in [0.2, 0.25) is 0 Å². The van der Waals surface area contributed by atoms with E-state index in [9.17, 15) is 9.50 Å². The molecule has 3 heteroatoms. The lowest BCUT2D eigenvalue weighted by molar-refractivity contribution is 0.146. The van der Waals surface area contributed by atoms with Crippen molar-refractivity contribution in [2.45, 2.75) is 25.9 Å². The lowest BCUT2D eigenvalue weighted by atomic mass is 9.85. The lowest BCUT2D eigenvalue weighted by Crippen LogP contribution is -2.21. The number of halogens is 1. The molecule has 2 aromatic carbocycles. The summed E-state index contributed by atoms with van der Waals surface area (Å²) < 4.78 is 13.2. The Labute approximate surface area is 119 Å². The minimum Gasteiger partial charge on any atom is -0.388 e. The van der Waals surface area contributed by atoms with Gasteiger partial charge in [0.2, 0.25) is 0 Å². The van der Waals surface area contributed by atoms with Crippen molar-refractivity contribution < 1.29 is 9.50 Å². The molecule has 3 N–H and O–H groups in total. The van der Waals surface area contributed by atoms with E-state index in [-0.39, 0.29) is 11.7 Å². The molecule has 0 aliphatic carbocycles. The number of aliphatic hydroxyl groups is 1. The van der Waals surface area contributed by atoms with Crippen molar-refractivity contribution in [1.29, 1.82) is 0 Å². The predicted molar refractivity (Wildman–Crippen MR) is 79.1 cm³/mol. The van der Waals surface area contributed by atoms with E-state index in [1.807, 2.05) is 31.2 Å². The molecule has 0 radical (unpaired) electrons. The average Bonchev–Trinajstić information content (AvgIpc) is 2.41. The van der Waals surface area contributed by atoms with Crippen molar-refractivity contribution in [3.63, 3.8) is 0 Å².